The molecule has 1 aliphatic heterocycles. The van der Waals surface area contributed by atoms with Crippen molar-refractivity contribution in [3.8, 4) is 0 Å². The van der Waals surface area contributed by atoms with Gasteiger partial charge in [0.25, 0.3) is 0 Å². The molecule has 1 aliphatic rings. The molecule has 0 aromatic carbocycles. The Morgan fingerprint density at radius 3 is 2.72 bits per heavy atom. The summed E-state index contributed by atoms with van der Waals surface area (Å²) in [5.74, 6) is 0.331. The lowest BCUT2D eigenvalue weighted by Gasteiger charge is -2.40. The summed E-state index contributed by atoms with van der Waals surface area (Å²) < 4.78 is 5.30. The van der Waals surface area contributed by atoms with E-state index < -0.39 is 5.60 Å². The molecule has 0 saturated carbocycles. The maximum Gasteiger partial charge on any atom is 0.410 e. The zero-order chi connectivity index (χ0) is 13.3. The molecule has 18 heavy (non-hydrogen) atoms. The van der Waals surface area contributed by atoms with E-state index in [0.29, 0.717) is 24.2 Å². The van der Waals surface area contributed by atoms with Crippen molar-refractivity contribution in [3.63, 3.8) is 0 Å². The maximum absolute atomic E-state index is 11.8. The molecular formula is C13H17ClN2O2. The fourth-order valence-electron chi connectivity index (χ4n) is 1.84. The smallest absolute Gasteiger partial charge is 0.410 e. The molecule has 2 rings (SSSR count). The van der Waals surface area contributed by atoms with E-state index in [9.17, 15) is 4.79 Å². The number of carbonyl (C=O) groups is 1. The van der Waals surface area contributed by atoms with Gasteiger partial charge in [-0.25, -0.2) is 9.78 Å². The topological polar surface area (TPSA) is 42.4 Å². The normalized spacial score (nSPS) is 16.3. The van der Waals surface area contributed by atoms with Crippen LogP contribution in [0.4, 0.5) is 4.79 Å². The van der Waals surface area contributed by atoms with Crippen LogP contribution in [0, 0.1) is 0 Å². The molecule has 1 fully saturated rings. The molecule has 0 aliphatic carbocycles. The maximum atomic E-state index is 11.8. The fraction of sp³-hybridized carbons (Fsp3) is 0.538. The Morgan fingerprint density at radius 2 is 2.17 bits per heavy atom. The van der Waals surface area contributed by atoms with Crippen LogP contribution in [0.2, 0.25) is 5.15 Å². The van der Waals surface area contributed by atoms with Crippen LogP contribution in [0.3, 0.4) is 0 Å². The predicted molar refractivity (Wildman–Crippen MR) is 69.8 cm³/mol. The van der Waals surface area contributed by atoms with Crippen molar-refractivity contribution < 1.29 is 9.53 Å². The van der Waals surface area contributed by atoms with Gasteiger partial charge in [-0.1, -0.05) is 11.6 Å². The van der Waals surface area contributed by atoms with Crippen LogP contribution in [0.15, 0.2) is 18.3 Å². The van der Waals surface area contributed by atoms with Crippen LogP contribution in [0.5, 0.6) is 0 Å². The van der Waals surface area contributed by atoms with Crippen molar-refractivity contribution in [1.82, 2.24) is 9.88 Å². The van der Waals surface area contributed by atoms with Crippen LogP contribution in [0.1, 0.15) is 32.3 Å². The second-order valence-corrected chi connectivity index (χ2v) is 5.88. The van der Waals surface area contributed by atoms with Gasteiger partial charge in [0.05, 0.1) is 0 Å². The van der Waals surface area contributed by atoms with Crippen molar-refractivity contribution in [1.29, 1.82) is 0 Å². The number of nitrogens with zero attached hydrogens (tertiary/aromatic N) is 2. The first-order valence-corrected chi connectivity index (χ1v) is 6.32. The van der Waals surface area contributed by atoms with Gasteiger partial charge in [-0.2, -0.15) is 0 Å². The first kappa shape index (κ1) is 13.1. The second-order valence-electron chi connectivity index (χ2n) is 5.49. The number of likely N-dealkylation sites (tertiary alicyclic amines) is 1. The number of aromatic nitrogens is 1. The summed E-state index contributed by atoms with van der Waals surface area (Å²) >= 11 is 5.84. The Hall–Kier alpha value is -1.29. The van der Waals surface area contributed by atoms with E-state index >= 15 is 0 Å². The van der Waals surface area contributed by atoms with Crippen molar-refractivity contribution >= 4 is 17.7 Å². The standard InChI is InChI=1S/C13H17ClN2O2/c1-13(2,3)18-12(17)16-7-10(8-16)9-4-5-15-11(14)6-9/h4-6,10H,7-8H2,1-3H3. The van der Waals surface area contributed by atoms with Gasteiger partial charge in [0, 0.05) is 25.2 Å². The quantitative estimate of drug-likeness (QED) is 0.735. The number of carbonyl (C=O) groups excluding carboxylic acids is 1. The van der Waals surface area contributed by atoms with E-state index in [2.05, 4.69) is 4.98 Å². The third-order valence-electron chi connectivity index (χ3n) is 2.76. The number of halogens is 1. The summed E-state index contributed by atoms with van der Waals surface area (Å²) in [6.07, 6.45) is 1.44. The number of rotatable bonds is 1. The fourth-order valence-corrected chi connectivity index (χ4v) is 2.02. The highest BCUT2D eigenvalue weighted by Crippen LogP contribution is 2.29. The Kier molecular flexibility index (Phi) is 3.48. The number of pyridine rings is 1. The molecule has 1 aromatic rings. The van der Waals surface area contributed by atoms with Crippen LogP contribution in [0.25, 0.3) is 0 Å². The zero-order valence-electron chi connectivity index (χ0n) is 10.8. The van der Waals surface area contributed by atoms with Gasteiger partial charge in [-0.05, 0) is 38.5 Å². The van der Waals surface area contributed by atoms with Gasteiger partial charge >= 0.3 is 6.09 Å². The molecule has 1 saturated heterocycles. The summed E-state index contributed by atoms with van der Waals surface area (Å²) in [5, 5.41) is 0.489. The molecule has 0 radical (unpaired) electrons. The number of hydrogen-bond acceptors (Lipinski definition) is 3. The predicted octanol–water partition coefficient (Wildman–Crippen LogP) is 3.07. The van der Waals surface area contributed by atoms with Gasteiger partial charge < -0.3 is 9.64 Å². The minimum absolute atomic E-state index is 0.251. The SMILES string of the molecule is CC(C)(C)OC(=O)N1CC(c2ccnc(Cl)c2)C1. The third kappa shape index (κ3) is 3.13. The van der Waals surface area contributed by atoms with Gasteiger partial charge in [0.2, 0.25) is 0 Å². The van der Waals surface area contributed by atoms with Gasteiger partial charge in [-0.15, -0.1) is 0 Å². The molecule has 1 amide bonds. The minimum atomic E-state index is -0.442. The molecule has 98 valence electrons. The average Bonchev–Trinajstić information content (AvgIpc) is 2.11. The Balaban J connectivity index is 1.89. The van der Waals surface area contributed by atoms with Gasteiger partial charge in [0.1, 0.15) is 10.8 Å². The molecule has 0 spiro atoms. The van der Waals surface area contributed by atoms with Crippen molar-refractivity contribution in [2.45, 2.75) is 32.3 Å². The molecule has 0 N–H and O–H groups in total. The van der Waals surface area contributed by atoms with Crippen LogP contribution < -0.4 is 0 Å². The number of ether oxygens (including phenoxy) is 1. The lowest BCUT2D eigenvalue weighted by molar-refractivity contribution is 0.00819. The molecular weight excluding hydrogens is 252 g/mol. The first-order chi connectivity index (χ1) is 8.35. The van der Waals surface area contributed by atoms with Crippen LogP contribution in [-0.2, 0) is 4.74 Å². The zero-order valence-corrected chi connectivity index (χ0v) is 11.6. The van der Waals surface area contributed by atoms with Crippen molar-refractivity contribution in [2.75, 3.05) is 13.1 Å². The van der Waals surface area contributed by atoms with Crippen molar-refractivity contribution in [2.24, 2.45) is 0 Å². The highest BCUT2D eigenvalue weighted by molar-refractivity contribution is 6.29. The monoisotopic (exact) mass is 268 g/mol. The molecule has 0 atom stereocenters. The van der Waals surface area contributed by atoms with Crippen LogP contribution >= 0.6 is 11.6 Å². The average molecular weight is 269 g/mol. The lowest BCUT2D eigenvalue weighted by atomic mass is 9.93. The highest BCUT2D eigenvalue weighted by Gasteiger charge is 2.34. The van der Waals surface area contributed by atoms with Crippen LogP contribution in [-0.4, -0.2) is 34.7 Å². The van der Waals surface area contributed by atoms with E-state index in [4.69, 9.17) is 16.3 Å². The third-order valence-corrected chi connectivity index (χ3v) is 2.96. The summed E-state index contributed by atoms with van der Waals surface area (Å²) in [4.78, 5) is 17.4. The van der Waals surface area contributed by atoms with Gasteiger partial charge in [0.15, 0.2) is 0 Å². The Morgan fingerprint density at radius 1 is 1.50 bits per heavy atom. The molecule has 0 unspecified atom stereocenters. The molecule has 4 nitrogen and oxygen atoms in total. The van der Waals surface area contributed by atoms with Crippen molar-refractivity contribution in [3.05, 3.63) is 29.0 Å². The molecule has 2 heterocycles. The Labute approximate surface area is 112 Å². The van der Waals surface area contributed by atoms with Gasteiger partial charge in [-0.3, -0.25) is 0 Å². The Bertz CT molecular complexity index is 451. The van der Waals surface area contributed by atoms with E-state index in [1.807, 2.05) is 32.9 Å². The largest absolute Gasteiger partial charge is 0.444 e. The summed E-state index contributed by atoms with van der Waals surface area (Å²) in [7, 11) is 0. The second kappa shape index (κ2) is 4.76. The summed E-state index contributed by atoms with van der Waals surface area (Å²) in [6.45, 7) is 6.95. The number of hydrogen-bond donors (Lipinski definition) is 0. The minimum Gasteiger partial charge on any atom is -0.444 e. The van der Waals surface area contributed by atoms with E-state index in [1.54, 1.807) is 11.1 Å². The summed E-state index contributed by atoms with van der Waals surface area (Å²) in [6, 6.07) is 3.78. The lowest BCUT2D eigenvalue weighted by Crippen LogP contribution is -2.50. The molecule has 5 heteroatoms. The van der Waals surface area contributed by atoms with E-state index in [-0.39, 0.29) is 6.09 Å². The summed E-state index contributed by atoms with van der Waals surface area (Å²) in [5.41, 5.74) is 0.678. The first-order valence-electron chi connectivity index (χ1n) is 5.94. The molecule has 1 aromatic heterocycles. The molecule has 0 bridgehead atoms. The highest BCUT2D eigenvalue weighted by atomic mass is 35.5. The van der Waals surface area contributed by atoms with E-state index in [0.717, 1.165) is 5.56 Å². The van der Waals surface area contributed by atoms with E-state index in [1.165, 1.54) is 0 Å². The number of amides is 1.